The van der Waals surface area contributed by atoms with Gasteiger partial charge < -0.3 is 28.8 Å². The molecule has 7 heteroatoms. The van der Waals surface area contributed by atoms with Gasteiger partial charge in [0, 0.05) is 24.8 Å². The van der Waals surface area contributed by atoms with E-state index in [2.05, 4.69) is 6.58 Å². The molecule has 154 valence electrons. The minimum atomic E-state index is -1.13. The third-order valence-electron chi connectivity index (χ3n) is 5.72. The SMILES string of the molecule is C=C(C)C(=O)OCC1CC(OC2(O)CCCC2)C2OC(CC)(CC)OC2O1. The highest BCUT2D eigenvalue weighted by Crippen LogP contribution is 2.43. The molecular weight excluding hydrogens is 352 g/mol. The third-order valence-corrected chi connectivity index (χ3v) is 5.72. The van der Waals surface area contributed by atoms with Crippen LogP contribution in [0.3, 0.4) is 0 Å². The lowest BCUT2D eigenvalue weighted by Gasteiger charge is -2.39. The average Bonchev–Trinajstić information content (AvgIpc) is 3.23. The Morgan fingerprint density at radius 3 is 2.48 bits per heavy atom. The number of rotatable bonds is 7. The molecule has 2 aliphatic heterocycles. The molecule has 3 aliphatic rings. The van der Waals surface area contributed by atoms with Crippen molar-refractivity contribution in [3.63, 3.8) is 0 Å². The van der Waals surface area contributed by atoms with Gasteiger partial charge in [-0.3, -0.25) is 0 Å². The number of carbonyl (C=O) groups excluding carboxylic acids is 1. The van der Waals surface area contributed by atoms with Crippen LogP contribution in [-0.2, 0) is 28.5 Å². The summed E-state index contributed by atoms with van der Waals surface area (Å²) in [7, 11) is 0. The van der Waals surface area contributed by atoms with E-state index in [1.54, 1.807) is 6.92 Å². The van der Waals surface area contributed by atoms with Gasteiger partial charge in [-0.15, -0.1) is 0 Å². The van der Waals surface area contributed by atoms with Gasteiger partial charge in [-0.05, 0) is 32.6 Å². The third kappa shape index (κ3) is 4.54. The minimum absolute atomic E-state index is 0.0851. The van der Waals surface area contributed by atoms with Gasteiger partial charge in [-0.25, -0.2) is 4.79 Å². The number of aliphatic hydroxyl groups is 1. The normalized spacial score (nSPS) is 34.2. The zero-order valence-electron chi connectivity index (χ0n) is 16.6. The number of fused-ring (bicyclic) bond motifs is 1. The van der Waals surface area contributed by atoms with Crippen LogP contribution in [-0.4, -0.2) is 53.9 Å². The molecule has 0 amide bonds. The van der Waals surface area contributed by atoms with E-state index in [9.17, 15) is 9.90 Å². The van der Waals surface area contributed by atoms with E-state index in [1.165, 1.54) is 0 Å². The molecular formula is C20H32O7. The summed E-state index contributed by atoms with van der Waals surface area (Å²) in [4.78, 5) is 11.7. The van der Waals surface area contributed by atoms with Crippen molar-refractivity contribution >= 4 is 5.97 Å². The minimum Gasteiger partial charge on any atom is -0.460 e. The number of hydrogen-bond acceptors (Lipinski definition) is 7. The lowest BCUT2D eigenvalue weighted by atomic mass is 10.0. The zero-order valence-corrected chi connectivity index (χ0v) is 16.6. The molecule has 0 radical (unpaired) electrons. The molecule has 0 bridgehead atoms. The molecule has 3 rings (SSSR count). The molecule has 1 aliphatic carbocycles. The van der Waals surface area contributed by atoms with Crippen molar-refractivity contribution in [1.29, 1.82) is 0 Å². The first-order chi connectivity index (χ1) is 12.8. The van der Waals surface area contributed by atoms with Crippen molar-refractivity contribution in [2.24, 2.45) is 0 Å². The predicted molar refractivity (Wildman–Crippen MR) is 96.6 cm³/mol. The number of hydrogen-bond donors (Lipinski definition) is 1. The van der Waals surface area contributed by atoms with Crippen molar-refractivity contribution < 1.29 is 33.6 Å². The van der Waals surface area contributed by atoms with Gasteiger partial charge in [0.25, 0.3) is 0 Å². The van der Waals surface area contributed by atoms with Gasteiger partial charge in [-0.1, -0.05) is 20.4 Å². The van der Waals surface area contributed by atoms with Crippen LogP contribution in [0.1, 0.15) is 65.7 Å². The Morgan fingerprint density at radius 2 is 1.89 bits per heavy atom. The Labute approximate surface area is 160 Å². The Hall–Kier alpha value is -0.990. The largest absolute Gasteiger partial charge is 0.460 e. The molecule has 0 aromatic heterocycles. The van der Waals surface area contributed by atoms with Gasteiger partial charge >= 0.3 is 5.97 Å². The highest BCUT2D eigenvalue weighted by atomic mass is 16.8. The van der Waals surface area contributed by atoms with E-state index in [4.69, 9.17) is 23.7 Å². The number of esters is 1. The van der Waals surface area contributed by atoms with Crippen LogP contribution in [0.5, 0.6) is 0 Å². The first-order valence-corrected chi connectivity index (χ1v) is 10.0. The van der Waals surface area contributed by atoms with E-state index < -0.39 is 36.0 Å². The summed E-state index contributed by atoms with van der Waals surface area (Å²) in [6.45, 7) is 9.29. The quantitative estimate of drug-likeness (QED) is 0.410. The highest BCUT2D eigenvalue weighted by Gasteiger charge is 2.55. The maximum atomic E-state index is 11.7. The van der Waals surface area contributed by atoms with Crippen molar-refractivity contribution in [3.8, 4) is 0 Å². The van der Waals surface area contributed by atoms with Crippen LogP contribution >= 0.6 is 0 Å². The molecule has 0 aromatic rings. The molecule has 1 saturated carbocycles. The molecule has 7 nitrogen and oxygen atoms in total. The standard InChI is InChI=1S/C20H32O7/c1-5-20(6-2)26-16-15(25-19(22)9-7-8-10-19)11-14(24-18(16)27-20)12-23-17(21)13(3)4/h14-16,18,22H,3,5-12H2,1-2,4H3. The van der Waals surface area contributed by atoms with Crippen LogP contribution in [0, 0.1) is 0 Å². The first kappa shape index (κ1) is 20.7. The second-order valence-electron chi connectivity index (χ2n) is 7.87. The van der Waals surface area contributed by atoms with Crippen LogP contribution in [0.4, 0.5) is 0 Å². The summed E-state index contributed by atoms with van der Waals surface area (Å²) in [5.41, 5.74) is 0.341. The lowest BCUT2D eigenvalue weighted by molar-refractivity contribution is -0.284. The summed E-state index contributed by atoms with van der Waals surface area (Å²) in [5, 5.41) is 10.7. The predicted octanol–water partition coefficient (Wildman–Crippen LogP) is 2.80. The molecule has 2 heterocycles. The van der Waals surface area contributed by atoms with Crippen molar-refractivity contribution in [1.82, 2.24) is 0 Å². The van der Waals surface area contributed by atoms with Gasteiger partial charge in [0.1, 0.15) is 12.7 Å². The van der Waals surface area contributed by atoms with Crippen molar-refractivity contribution in [2.75, 3.05) is 6.61 Å². The van der Waals surface area contributed by atoms with Gasteiger partial charge in [0.15, 0.2) is 17.9 Å². The first-order valence-electron chi connectivity index (χ1n) is 10.0. The van der Waals surface area contributed by atoms with E-state index in [-0.39, 0.29) is 12.7 Å². The molecule has 0 spiro atoms. The smallest absolute Gasteiger partial charge is 0.333 e. The maximum Gasteiger partial charge on any atom is 0.333 e. The summed E-state index contributed by atoms with van der Waals surface area (Å²) in [5.74, 6) is -2.29. The topological polar surface area (TPSA) is 83.5 Å². The summed E-state index contributed by atoms with van der Waals surface area (Å²) in [6.07, 6.45) is 3.15. The van der Waals surface area contributed by atoms with Crippen LogP contribution in [0.15, 0.2) is 12.2 Å². The van der Waals surface area contributed by atoms with E-state index in [1.807, 2.05) is 13.8 Å². The van der Waals surface area contributed by atoms with E-state index in [0.717, 1.165) is 12.8 Å². The second-order valence-corrected chi connectivity index (χ2v) is 7.87. The maximum absolute atomic E-state index is 11.7. The fourth-order valence-electron chi connectivity index (χ4n) is 4.03. The van der Waals surface area contributed by atoms with Crippen LogP contribution in [0.25, 0.3) is 0 Å². The average molecular weight is 384 g/mol. The Bertz CT molecular complexity index is 551. The molecule has 0 aromatic carbocycles. The van der Waals surface area contributed by atoms with Crippen LogP contribution < -0.4 is 0 Å². The lowest BCUT2D eigenvalue weighted by Crippen LogP contribution is -2.52. The van der Waals surface area contributed by atoms with Gasteiger partial charge in [0.2, 0.25) is 0 Å². The highest BCUT2D eigenvalue weighted by molar-refractivity contribution is 5.86. The molecule has 4 atom stereocenters. The number of ether oxygens (including phenoxy) is 5. The molecule has 3 fully saturated rings. The molecule has 27 heavy (non-hydrogen) atoms. The summed E-state index contributed by atoms with van der Waals surface area (Å²) in [6, 6.07) is 0. The van der Waals surface area contributed by atoms with E-state index in [0.29, 0.717) is 37.7 Å². The monoisotopic (exact) mass is 384 g/mol. The van der Waals surface area contributed by atoms with Gasteiger partial charge in [-0.2, -0.15) is 0 Å². The molecule has 2 saturated heterocycles. The molecule has 4 unspecified atom stereocenters. The summed E-state index contributed by atoms with van der Waals surface area (Å²) < 4.78 is 29.7. The van der Waals surface area contributed by atoms with Crippen LogP contribution in [0.2, 0.25) is 0 Å². The second kappa shape index (κ2) is 8.17. The fraction of sp³-hybridized carbons (Fsp3) is 0.850. The Balaban J connectivity index is 1.72. The number of carbonyl (C=O) groups is 1. The van der Waals surface area contributed by atoms with Crippen molar-refractivity contribution in [3.05, 3.63) is 12.2 Å². The zero-order chi connectivity index (χ0) is 19.7. The van der Waals surface area contributed by atoms with E-state index >= 15 is 0 Å². The summed E-state index contributed by atoms with van der Waals surface area (Å²) >= 11 is 0. The van der Waals surface area contributed by atoms with Gasteiger partial charge in [0.05, 0.1) is 12.2 Å². The fourth-order valence-corrected chi connectivity index (χ4v) is 4.03. The molecule has 1 N–H and O–H groups in total. The van der Waals surface area contributed by atoms with Crippen molar-refractivity contribution in [2.45, 2.75) is 102 Å². The Kier molecular flexibility index (Phi) is 6.27. The Morgan fingerprint density at radius 1 is 1.22 bits per heavy atom.